The summed E-state index contributed by atoms with van der Waals surface area (Å²) in [5.41, 5.74) is 2.77. The van der Waals surface area contributed by atoms with Crippen molar-refractivity contribution in [2.75, 3.05) is 5.32 Å². The average Bonchev–Trinajstić information content (AvgIpc) is 3.02. The number of rotatable bonds is 5. The first kappa shape index (κ1) is 20.4. The molecule has 0 unspecified atom stereocenters. The van der Waals surface area contributed by atoms with Crippen LogP contribution in [0, 0.1) is 13.8 Å². The van der Waals surface area contributed by atoms with Crippen molar-refractivity contribution in [3.63, 3.8) is 0 Å². The lowest BCUT2D eigenvalue weighted by molar-refractivity contribution is -0.117. The lowest BCUT2D eigenvalue weighted by atomic mass is 10.2. The molecule has 2 aromatic heterocycles. The summed E-state index contributed by atoms with van der Waals surface area (Å²) in [6.45, 7) is 3.77. The molecule has 1 N–H and O–H groups in total. The molecule has 0 atom stereocenters. The van der Waals surface area contributed by atoms with Gasteiger partial charge in [0.2, 0.25) is 5.91 Å². The Hall–Kier alpha value is -2.91. The van der Waals surface area contributed by atoms with Crippen LogP contribution in [0.2, 0.25) is 0 Å². The summed E-state index contributed by atoms with van der Waals surface area (Å²) < 4.78 is 3.29. The van der Waals surface area contributed by atoms with Gasteiger partial charge in [-0.3, -0.25) is 4.79 Å². The van der Waals surface area contributed by atoms with Gasteiger partial charge in [0.25, 0.3) is 0 Å². The zero-order chi connectivity index (χ0) is 21.3. The second-order valence-electron chi connectivity index (χ2n) is 6.81. The summed E-state index contributed by atoms with van der Waals surface area (Å²) in [5.74, 6) is -0.337. The second-order valence-corrected chi connectivity index (χ2v) is 8.76. The van der Waals surface area contributed by atoms with Crippen LogP contribution in [0.25, 0.3) is 5.65 Å². The Morgan fingerprint density at radius 3 is 2.57 bits per heavy atom. The average molecular weight is 484 g/mol. The fraction of sp³-hybridized carbons (Fsp3) is 0.143. The number of aromatic nitrogens is 4. The molecule has 2 heterocycles. The Morgan fingerprint density at radius 1 is 1.07 bits per heavy atom. The van der Waals surface area contributed by atoms with Crippen LogP contribution in [0.15, 0.2) is 73.8 Å². The SMILES string of the molecule is Cc1ccc(Sc2ccc3nn(CC(=O)Nc4ccc(Br)c(C)c4)c(=O)n3n2)cc1. The summed E-state index contributed by atoms with van der Waals surface area (Å²) in [4.78, 5) is 26.1. The fourth-order valence-electron chi connectivity index (χ4n) is 2.84. The first-order chi connectivity index (χ1) is 14.4. The van der Waals surface area contributed by atoms with Crippen molar-refractivity contribution in [3.05, 3.63) is 80.7 Å². The maximum Gasteiger partial charge on any atom is 0.367 e. The van der Waals surface area contributed by atoms with Gasteiger partial charge in [-0.1, -0.05) is 45.4 Å². The third-order valence-electron chi connectivity index (χ3n) is 4.39. The van der Waals surface area contributed by atoms with Crippen LogP contribution >= 0.6 is 27.7 Å². The second kappa shape index (κ2) is 8.45. The lowest BCUT2D eigenvalue weighted by Gasteiger charge is -2.06. The molecule has 0 radical (unpaired) electrons. The van der Waals surface area contributed by atoms with Gasteiger partial charge in [-0.25, -0.2) is 9.48 Å². The topological polar surface area (TPSA) is 81.3 Å². The number of halogens is 1. The molecule has 2 aromatic carbocycles. The van der Waals surface area contributed by atoms with Crippen molar-refractivity contribution in [3.8, 4) is 0 Å². The normalized spacial score (nSPS) is 11.0. The van der Waals surface area contributed by atoms with E-state index in [-0.39, 0.29) is 12.5 Å². The summed E-state index contributed by atoms with van der Waals surface area (Å²) >= 11 is 4.88. The predicted octanol–water partition coefficient (Wildman–Crippen LogP) is 4.06. The van der Waals surface area contributed by atoms with Crippen LogP contribution in [-0.4, -0.2) is 25.3 Å². The predicted molar refractivity (Wildman–Crippen MR) is 120 cm³/mol. The van der Waals surface area contributed by atoms with Crippen molar-refractivity contribution in [1.82, 2.24) is 19.4 Å². The Labute approximate surface area is 185 Å². The number of carbonyl (C=O) groups is 1. The molecule has 0 fully saturated rings. The number of amides is 1. The van der Waals surface area contributed by atoms with Crippen LogP contribution in [-0.2, 0) is 11.3 Å². The van der Waals surface area contributed by atoms with E-state index in [1.807, 2.05) is 50.2 Å². The van der Waals surface area contributed by atoms with Crippen molar-refractivity contribution in [2.24, 2.45) is 0 Å². The quantitative estimate of drug-likeness (QED) is 0.462. The van der Waals surface area contributed by atoms with Gasteiger partial charge < -0.3 is 5.32 Å². The van der Waals surface area contributed by atoms with Crippen molar-refractivity contribution < 1.29 is 4.79 Å². The Balaban J connectivity index is 1.52. The highest BCUT2D eigenvalue weighted by molar-refractivity contribution is 9.10. The van der Waals surface area contributed by atoms with E-state index < -0.39 is 5.69 Å². The van der Waals surface area contributed by atoms with Crippen LogP contribution < -0.4 is 11.0 Å². The first-order valence-electron chi connectivity index (χ1n) is 9.16. The zero-order valence-electron chi connectivity index (χ0n) is 16.3. The number of anilines is 1. The standard InChI is InChI=1S/C21H18BrN5O2S/c1-13-3-6-16(7-4-13)30-20-10-9-18-24-26(21(29)27(18)25-20)12-19(28)23-15-5-8-17(22)14(2)11-15/h3-11H,12H2,1-2H3,(H,23,28). The molecule has 4 aromatic rings. The Morgan fingerprint density at radius 2 is 1.83 bits per heavy atom. The van der Waals surface area contributed by atoms with Crippen LogP contribution in [0.5, 0.6) is 0 Å². The Kier molecular flexibility index (Phi) is 5.74. The van der Waals surface area contributed by atoms with Gasteiger partial charge in [0.05, 0.1) is 0 Å². The van der Waals surface area contributed by atoms with E-state index >= 15 is 0 Å². The van der Waals surface area contributed by atoms with Crippen LogP contribution in [0.3, 0.4) is 0 Å². The molecule has 152 valence electrons. The van der Waals surface area contributed by atoms with Crippen LogP contribution in [0.4, 0.5) is 5.69 Å². The maximum absolute atomic E-state index is 12.7. The number of aryl methyl sites for hydroxylation is 2. The van der Waals surface area contributed by atoms with E-state index in [0.29, 0.717) is 16.4 Å². The third kappa shape index (κ3) is 4.47. The zero-order valence-corrected chi connectivity index (χ0v) is 18.7. The molecule has 0 aliphatic heterocycles. The highest BCUT2D eigenvalue weighted by atomic mass is 79.9. The first-order valence-corrected chi connectivity index (χ1v) is 10.8. The molecule has 7 nitrogen and oxygen atoms in total. The van der Waals surface area contributed by atoms with Crippen molar-refractivity contribution in [2.45, 2.75) is 30.3 Å². The molecule has 1 amide bonds. The van der Waals surface area contributed by atoms with Crippen molar-refractivity contribution in [1.29, 1.82) is 0 Å². The molecule has 9 heteroatoms. The molecule has 4 rings (SSSR count). The number of nitrogens with zero attached hydrogens (tertiary/aromatic N) is 4. The molecule has 0 aliphatic carbocycles. The van der Waals surface area contributed by atoms with Gasteiger partial charge in [0.1, 0.15) is 11.6 Å². The van der Waals surface area contributed by atoms with E-state index in [0.717, 1.165) is 19.6 Å². The Bertz CT molecular complexity index is 1300. The van der Waals surface area contributed by atoms with Gasteiger partial charge >= 0.3 is 5.69 Å². The number of hydrogen-bond acceptors (Lipinski definition) is 5. The molecule has 0 saturated heterocycles. The molecular weight excluding hydrogens is 466 g/mol. The number of fused-ring (bicyclic) bond motifs is 1. The van der Waals surface area contributed by atoms with Gasteiger partial charge in [-0.05, 0) is 61.9 Å². The van der Waals surface area contributed by atoms with Gasteiger partial charge in [-0.15, -0.1) is 5.10 Å². The minimum Gasteiger partial charge on any atom is -0.324 e. The number of benzene rings is 2. The monoisotopic (exact) mass is 483 g/mol. The van der Waals surface area contributed by atoms with Crippen molar-refractivity contribution >= 4 is 44.9 Å². The van der Waals surface area contributed by atoms with E-state index in [4.69, 9.17) is 0 Å². The lowest BCUT2D eigenvalue weighted by Crippen LogP contribution is -2.28. The van der Waals surface area contributed by atoms with E-state index in [1.54, 1.807) is 18.2 Å². The summed E-state index contributed by atoms with van der Waals surface area (Å²) in [7, 11) is 0. The molecular formula is C21H18BrN5O2S. The van der Waals surface area contributed by atoms with E-state index in [9.17, 15) is 9.59 Å². The fourth-order valence-corrected chi connectivity index (χ4v) is 3.85. The minimum absolute atomic E-state index is 0.197. The molecule has 0 bridgehead atoms. The van der Waals surface area contributed by atoms with Gasteiger partial charge in [0, 0.05) is 15.1 Å². The third-order valence-corrected chi connectivity index (χ3v) is 6.22. The van der Waals surface area contributed by atoms with Gasteiger partial charge in [-0.2, -0.15) is 9.61 Å². The molecule has 0 spiro atoms. The number of hydrogen-bond donors (Lipinski definition) is 1. The smallest absolute Gasteiger partial charge is 0.324 e. The van der Waals surface area contributed by atoms with E-state index in [2.05, 4.69) is 31.4 Å². The summed E-state index contributed by atoms with van der Waals surface area (Å²) in [5, 5.41) is 12.0. The molecule has 30 heavy (non-hydrogen) atoms. The van der Waals surface area contributed by atoms with Gasteiger partial charge in [0.15, 0.2) is 5.65 Å². The van der Waals surface area contributed by atoms with E-state index in [1.165, 1.54) is 21.8 Å². The number of carbonyl (C=O) groups excluding carboxylic acids is 1. The molecule has 0 saturated carbocycles. The summed E-state index contributed by atoms with van der Waals surface area (Å²) in [6, 6.07) is 17.1. The largest absolute Gasteiger partial charge is 0.367 e. The summed E-state index contributed by atoms with van der Waals surface area (Å²) in [6.07, 6.45) is 0. The minimum atomic E-state index is -0.460. The highest BCUT2D eigenvalue weighted by Gasteiger charge is 2.13. The molecule has 0 aliphatic rings. The number of nitrogens with one attached hydrogen (secondary N) is 1. The van der Waals surface area contributed by atoms with Crippen LogP contribution in [0.1, 0.15) is 11.1 Å². The maximum atomic E-state index is 12.7. The highest BCUT2D eigenvalue weighted by Crippen LogP contribution is 2.25.